The smallest absolute Gasteiger partial charge is 0.255 e. The minimum atomic E-state index is 0.250. The molecule has 1 saturated heterocycles. The third-order valence-corrected chi connectivity index (χ3v) is 5.34. The molecule has 1 amide bonds. The summed E-state index contributed by atoms with van der Waals surface area (Å²) in [5.74, 6) is 1.02. The van der Waals surface area contributed by atoms with Gasteiger partial charge in [-0.3, -0.25) is 4.79 Å². The Morgan fingerprint density at radius 3 is 3.11 bits per heavy atom. The predicted octanol–water partition coefficient (Wildman–Crippen LogP) is 2.31. The van der Waals surface area contributed by atoms with Crippen molar-refractivity contribution in [3.8, 4) is 0 Å². The Kier molecular flexibility index (Phi) is 3.63. The standard InChI is InChI=1S/C15H22N2OS/c1-10-3-4-12-13(9-19-14(12)7-10)15(18)17-6-5-16-11(2)8-17/h9-11,16H,3-8H2,1-2H3. The molecule has 2 atom stereocenters. The molecule has 1 aromatic heterocycles. The molecule has 1 aliphatic heterocycles. The molecule has 0 aromatic carbocycles. The van der Waals surface area contributed by atoms with E-state index in [2.05, 4.69) is 24.5 Å². The number of nitrogens with zero attached hydrogens (tertiary/aromatic N) is 1. The molecule has 1 fully saturated rings. The number of fused-ring (bicyclic) bond motifs is 1. The van der Waals surface area contributed by atoms with Crippen molar-refractivity contribution >= 4 is 17.2 Å². The maximum Gasteiger partial charge on any atom is 0.255 e. The Morgan fingerprint density at radius 2 is 2.32 bits per heavy atom. The summed E-state index contributed by atoms with van der Waals surface area (Å²) in [4.78, 5) is 16.1. The van der Waals surface area contributed by atoms with Crippen LogP contribution < -0.4 is 5.32 Å². The highest BCUT2D eigenvalue weighted by Crippen LogP contribution is 2.33. The molecule has 2 heterocycles. The van der Waals surface area contributed by atoms with Crippen LogP contribution in [0.3, 0.4) is 0 Å². The normalized spacial score (nSPS) is 27.2. The lowest BCUT2D eigenvalue weighted by molar-refractivity contribution is 0.0708. The van der Waals surface area contributed by atoms with Gasteiger partial charge in [-0.2, -0.15) is 0 Å². The number of amides is 1. The van der Waals surface area contributed by atoms with E-state index in [1.807, 2.05) is 4.90 Å². The first kappa shape index (κ1) is 13.1. The zero-order valence-corrected chi connectivity index (χ0v) is 12.6. The molecular formula is C15H22N2OS. The van der Waals surface area contributed by atoms with Crippen molar-refractivity contribution in [2.75, 3.05) is 19.6 Å². The maximum atomic E-state index is 12.7. The number of hydrogen-bond donors (Lipinski definition) is 1. The van der Waals surface area contributed by atoms with E-state index in [0.717, 1.165) is 44.0 Å². The Labute approximate surface area is 119 Å². The molecule has 4 heteroatoms. The molecule has 0 saturated carbocycles. The van der Waals surface area contributed by atoms with E-state index in [1.54, 1.807) is 11.3 Å². The van der Waals surface area contributed by atoms with Crippen molar-refractivity contribution in [2.24, 2.45) is 5.92 Å². The van der Waals surface area contributed by atoms with Crippen LogP contribution in [0.1, 0.15) is 41.1 Å². The van der Waals surface area contributed by atoms with E-state index in [-0.39, 0.29) is 5.91 Å². The van der Waals surface area contributed by atoms with E-state index < -0.39 is 0 Å². The van der Waals surface area contributed by atoms with Gasteiger partial charge in [0, 0.05) is 35.9 Å². The zero-order chi connectivity index (χ0) is 13.4. The van der Waals surface area contributed by atoms with Gasteiger partial charge in [-0.05, 0) is 37.7 Å². The lowest BCUT2D eigenvalue weighted by atomic mass is 9.88. The minimum Gasteiger partial charge on any atom is -0.336 e. The molecule has 0 spiro atoms. The minimum absolute atomic E-state index is 0.250. The summed E-state index contributed by atoms with van der Waals surface area (Å²) in [5, 5.41) is 5.48. The maximum absolute atomic E-state index is 12.7. The molecule has 19 heavy (non-hydrogen) atoms. The number of carbonyl (C=O) groups is 1. The lowest BCUT2D eigenvalue weighted by Crippen LogP contribution is -2.51. The van der Waals surface area contributed by atoms with Gasteiger partial charge >= 0.3 is 0 Å². The fourth-order valence-electron chi connectivity index (χ4n) is 3.14. The van der Waals surface area contributed by atoms with Gasteiger partial charge in [0.05, 0.1) is 5.56 Å². The van der Waals surface area contributed by atoms with Crippen molar-refractivity contribution < 1.29 is 4.79 Å². The van der Waals surface area contributed by atoms with Gasteiger partial charge in [-0.15, -0.1) is 11.3 Å². The quantitative estimate of drug-likeness (QED) is 0.855. The Bertz CT molecular complexity index is 482. The highest BCUT2D eigenvalue weighted by atomic mass is 32.1. The van der Waals surface area contributed by atoms with Crippen LogP contribution in [0.4, 0.5) is 0 Å². The number of thiophene rings is 1. The van der Waals surface area contributed by atoms with Gasteiger partial charge in [0.1, 0.15) is 0 Å². The van der Waals surface area contributed by atoms with Gasteiger partial charge in [0.15, 0.2) is 0 Å². The summed E-state index contributed by atoms with van der Waals surface area (Å²) >= 11 is 1.79. The zero-order valence-electron chi connectivity index (χ0n) is 11.7. The van der Waals surface area contributed by atoms with Gasteiger partial charge in [-0.1, -0.05) is 6.92 Å². The number of hydrogen-bond acceptors (Lipinski definition) is 3. The third kappa shape index (κ3) is 2.56. The number of piperazine rings is 1. The summed E-state index contributed by atoms with van der Waals surface area (Å²) in [5.41, 5.74) is 2.33. The number of rotatable bonds is 1. The largest absolute Gasteiger partial charge is 0.336 e. The van der Waals surface area contributed by atoms with E-state index >= 15 is 0 Å². The second-order valence-corrected chi connectivity index (χ2v) is 6.97. The lowest BCUT2D eigenvalue weighted by Gasteiger charge is -2.32. The van der Waals surface area contributed by atoms with Crippen LogP contribution in [0, 0.1) is 5.92 Å². The highest BCUT2D eigenvalue weighted by molar-refractivity contribution is 7.10. The number of nitrogens with one attached hydrogen (secondary N) is 1. The van der Waals surface area contributed by atoms with Crippen LogP contribution in [0.5, 0.6) is 0 Å². The molecule has 0 bridgehead atoms. The molecule has 104 valence electrons. The Morgan fingerprint density at radius 1 is 1.47 bits per heavy atom. The SMILES string of the molecule is CC1CCc2c(C(=O)N3CCNC(C)C3)csc2C1. The molecule has 1 aliphatic carbocycles. The summed E-state index contributed by atoms with van der Waals surface area (Å²) in [6.45, 7) is 7.03. The van der Waals surface area contributed by atoms with E-state index in [0.29, 0.717) is 6.04 Å². The monoisotopic (exact) mass is 278 g/mol. The first-order valence-electron chi connectivity index (χ1n) is 7.27. The fourth-order valence-corrected chi connectivity index (χ4v) is 4.38. The fraction of sp³-hybridized carbons (Fsp3) is 0.667. The van der Waals surface area contributed by atoms with Crippen LogP contribution >= 0.6 is 11.3 Å². The van der Waals surface area contributed by atoms with E-state index in [4.69, 9.17) is 0 Å². The van der Waals surface area contributed by atoms with Crippen molar-refractivity contribution in [2.45, 2.75) is 39.2 Å². The topological polar surface area (TPSA) is 32.3 Å². The molecule has 0 radical (unpaired) electrons. The first-order valence-corrected chi connectivity index (χ1v) is 8.15. The van der Waals surface area contributed by atoms with Gasteiger partial charge in [-0.25, -0.2) is 0 Å². The van der Waals surface area contributed by atoms with Crippen molar-refractivity contribution in [3.63, 3.8) is 0 Å². The second-order valence-electron chi connectivity index (χ2n) is 6.01. The molecule has 2 aliphatic rings. The molecular weight excluding hydrogens is 256 g/mol. The predicted molar refractivity (Wildman–Crippen MR) is 78.9 cm³/mol. The van der Waals surface area contributed by atoms with Crippen LogP contribution in [-0.2, 0) is 12.8 Å². The molecule has 3 nitrogen and oxygen atoms in total. The highest BCUT2D eigenvalue weighted by Gasteiger charge is 2.27. The van der Waals surface area contributed by atoms with Gasteiger partial charge in [0.2, 0.25) is 0 Å². The summed E-state index contributed by atoms with van der Waals surface area (Å²) in [7, 11) is 0. The van der Waals surface area contributed by atoms with Gasteiger partial charge < -0.3 is 10.2 Å². The number of carbonyl (C=O) groups excluding carboxylic acids is 1. The molecule has 3 rings (SSSR count). The van der Waals surface area contributed by atoms with Crippen molar-refractivity contribution in [1.29, 1.82) is 0 Å². The van der Waals surface area contributed by atoms with Crippen LogP contribution in [0.15, 0.2) is 5.38 Å². The summed E-state index contributed by atoms with van der Waals surface area (Å²) in [6, 6.07) is 0.409. The van der Waals surface area contributed by atoms with Crippen molar-refractivity contribution in [3.05, 3.63) is 21.4 Å². The Hall–Kier alpha value is -0.870. The van der Waals surface area contributed by atoms with Gasteiger partial charge in [0.25, 0.3) is 5.91 Å². The van der Waals surface area contributed by atoms with Crippen LogP contribution in [-0.4, -0.2) is 36.5 Å². The van der Waals surface area contributed by atoms with Crippen molar-refractivity contribution in [1.82, 2.24) is 10.2 Å². The average Bonchev–Trinajstić information content (AvgIpc) is 2.80. The van der Waals surface area contributed by atoms with Crippen LogP contribution in [0.25, 0.3) is 0 Å². The summed E-state index contributed by atoms with van der Waals surface area (Å²) in [6.07, 6.45) is 3.47. The molecule has 2 unspecified atom stereocenters. The second kappa shape index (κ2) is 5.25. The van der Waals surface area contributed by atoms with Crippen LogP contribution in [0.2, 0.25) is 0 Å². The van der Waals surface area contributed by atoms with E-state index in [1.165, 1.54) is 16.9 Å². The summed E-state index contributed by atoms with van der Waals surface area (Å²) < 4.78 is 0. The third-order valence-electron chi connectivity index (χ3n) is 4.29. The molecule has 1 N–H and O–H groups in total. The Balaban J connectivity index is 1.80. The van der Waals surface area contributed by atoms with E-state index in [9.17, 15) is 4.79 Å². The average molecular weight is 278 g/mol. The molecule has 1 aromatic rings. The first-order chi connectivity index (χ1) is 9.15.